The van der Waals surface area contributed by atoms with Crippen LogP contribution < -0.4 is 26.6 Å². The molecule has 3 aromatic carbocycles. The molecule has 6 amide bonds. The lowest BCUT2D eigenvalue weighted by Gasteiger charge is -2.30. The third-order valence-corrected chi connectivity index (χ3v) is 12.1. The van der Waals surface area contributed by atoms with Crippen LogP contribution in [0.3, 0.4) is 0 Å². The van der Waals surface area contributed by atoms with Crippen LogP contribution in [-0.2, 0) is 35.1 Å². The molecule has 5 N–H and O–H groups in total. The van der Waals surface area contributed by atoms with Crippen molar-refractivity contribution < 1.29 is 38.2 Å². The number of hydrogen-bond donors (Lipinski definition) is 5. The number of nitrogens with one attached hydrogen (secondary N) is 5. The monoisotopic (exact) mass is 935 g/mol. The van der Waals surface area contributed by atoms with Gasteiger partial charge in [0, 0.05) is 25.0 Å². The van der Waals surface area contributed by atoms with Gasteiger partial charge in [-0.15, -0.1) is 0 Å². The summed E-state index contributed by atoms with van der Waals surface area (Å²) in [5, 5.41) is 14.4. The van der Waals surface area contributed by atoms with Gasteiger partial charge in [-0.25, -0.2) is 9.59 Å². The van der Waals surface area contributed by atoms with Gasteiger partial charge in [0.25, 0.3) is 0 Å². The van der Waals surface area contributed by atoms with E-state index in [0.717, 1.165) is 27.8 Å². The van der Waals surface area contributed by atoms with Crippen molar-refractivity contribution in [2.24, 2.45) is 17.8 Å². The minimum Gasteiger partial charge on any atom is -0.449 e. The molecule has 2 aliphatic rings. The summed E-state index contributed by atoms with van der Waals surface area (Å²) in [6, 6.07) is 22.5. The van der Waals surface area contributed by atoms with Crippen molar-refractivity contribution in [2.45, 2.75) is 143 Å². The van der Waals surface area contributed by atoms with E-state index in [1.807, 2.05) is 94.4 Å². The molecule has 5 rings (SSSR count). The predicted octanol–water partition coefficient (Wildman–Crippen LogP) is 7.80. The summed E-state index contributed by atoms with van der Waals surface area (Å²) < 4.78 is 11.2. The number of amides is 6. The molecule has 0 bridgehead atoms. The summed E-state index contributed by atoms with van der Waals surface area (Å²) in [7, 11) is 0. The van der Waals surface area contributed by atoms with Crippen LogP contribution in [0.4, 0.5) is 9.59 Å². The van der Waals surface area contributed by atoms with E-state index >= 15 is 0 Å². The van der Waals surface area contributed by atoms with Crippen LogP contribution in [0.5, 0.6) is 0 Å². The van der Waals surface area contributed by atoms with Crippen LogP contribution in [0.1, 0.15) is 117 Å². The first-order valence-electron chi connectivity index (χ1n) is 24.3. The van der Waals surface area contributed by atoms with Crippen molar-refractivity contribution in [3.63, 3.8) is 0 Å². The highest BCUT2D eigenvalue weighted by molar-refractivity contribution is 5.95. The van der Waals surface area contributed by atoms with Crippen molar-refractivity contribution in [1.82, 2.24) is 31.5 Å². The number of alkyl carbamates (subject to hydrolysis) is 2. The summed E-state index contributed by atoms with van der Waals surface area (Å²) in [6.07, 6.45) is 5.12. The maximum atomic E-state index is 14.5. The SMILES string of the molecule is CC(C)C[C@@H](/C=C/[C@H](Cc1ccccc1)C(=O)N1CCC[C@H]1C(=O)N[C@H](C(=O)N[C@@H](CCCNC(=O)OCC1c2ccccc2-c2ccccc21)C(=O)NC(C)C)C(C)C)NC(=O)OC(C)(C)C. The molecular formula is C54H74N6O8. The summed E-state index contributed by atoms with van der Waals surface area (Å²) in [5.41, 5.74) is 4.75. The molecule has 1 aliphatic carbocycles. The molecular weight excluding hydrogens is 861 g/mol. The van der Waals surface area contributed by atoms with Crippen LogP contribution in [-0.4, -0.2) is 96.2 Å². The van der Waals surface area contributed by atoms with Crippen molar-refractivity contribution in [3.05, 3.63) is 108 Å². The Bertz CT molecular complexity index is 2170. The average Bonchev–Trinajstić information content (AvgIpc) is 3.89. The quantitative estimate of drug-likeness (QED) is 0.0530. The fraction of sp³-hybridized carbons (Fsp3) is 0.519. The van der Waals surface area contributed by atoms with Crippen LogP contribution in [0.2, 0.25) is 0 Å². The number of fused-ring (bicyclic) bond motifs is 3. The number of rotatable bonds is 21. The van der Waals surface area contributed by atoms with Crippen molar-refractivity contribution in [1.29, 1.82) is 0 Å². The van der Waals surface area contributed by atoms with Gasteiger partial charge in [0.15, 0.2) is 0 Å². The highest BCUT2D eigenvalue weighted by atomic mass is 16.6. The van der Waals surface area contributed by atoms with Gasteiger partial charge < -0.3 is 41.0 Å². The molecule has 14 nitrogen and oxygen atoms in total. The molecule has 1 fully saturated rings. The van der Waals surface area contributed by atoms with Crippen LogP contribution in [0.15, 0.2) is 91.0 Å². The van der Waals surface area contributed by atoms with Crippen molar-refractivity contribution in [3.8, 4) is 11.1 Å². The fourth-order valence-electron chi connectivity index (χ4n) is 8.89. The van der Waals surface area contributed by atoms with Gasteiger partial charge in [-0.05, 0) is 113 Å². The molecule has 0 aromatic heterocycles. The van der Waals surface area contributed by atoms with Crippen molar-refractivity contribution in [2.75, 3.05) is 19.7 Å². The van der Waals surface area contributed by atoms with Gasteiger partial charge in [0.05, 0.1) is 12.0 Å². The third-order valence-electron chi connectivity index (χ3n) is 12.1. The second-order valence-corrected chi connectivity index (χ2v) is 20.1. The number of benzene rings is 3. The van der Waals surface area contributed by atoms with Gasteiger partial charge in [-0.1, -0.05) is 119 Å². The minimum atomic E-state index is -1.01. The lowest BCUT2D eigenvalue weighted by atomic mass is 9.94. The zero-order valence-electron chi connectivity index (χ0n) is 41.4. The maximum absolute atomic E-state index is 14.5. The number of ether oxygens (including phenoxy) is 2. The molecule has 14 heteroatoms. The Kier molecular flexibility index (Phi) is 19.2. The molecule has 1 aliphatic heterocycles. The number of hydrogen-bond acceptors (Lipinski definition) is 8. The largest absolute Gasteiger partial charge is 0.449 e. The van der Waals surface area contributed by atoms with Gasteiger partial charge in [0.1, 0.15) is 30.3 Å². The fourth-order valence-corrected chi connectivity index (χ4v) is 8.89. The van der Waals surface area contributed by atoms with E-state index in [1.165, 1.54) is 0 Å². The Morgan fingerprint density at radius 3 is 1.99 bits per heavy atom. The molecule has 68 heavy (non-hydrogen) atoms. The molecule has 0 unspecified atom stereocenters. The first kappa shape index (κ1) is 52.8. The normalized spacial score (nSPS) is 16.4. The summed E-state index contributed by atoms with van der Waals surface area (Å²) >= 11 is 0. The van der Waals surface area contributed by atoms with Gasteiger partial charge in [-0.3, -0.25) is 19.2 Å². The molecule has 0 spiro atoms. The maximum Gasteiger partial charge on any atom is 0.408 e. The number of carbonyl (C=O) groups is 6. The first-order valence-corrected chi connectivity index (χ1v) is 24.3. The van der Waals surface area contributed by atoms with E-state index in [1.54, 1.807) is 25.7 Å². The van der Waals surface area contributed by atoms with E-state index < -0.39 is 59.7 Å². The lowest BCUT2D eigenvalue weighted by Crippen LogP contribution is -2.58. The Morgan fingerprint density at radius 2 is 1.38 bits per heavy atom. The minimum absolute atomic E-state index is 0.0818. The molecule has 1 saturated heterocycles. The Labute approximate surface area is 403 Å². The zero-order chi connectivity index (χ0) is 49.5. The van der Waals surface area contributed by atoms with Gasteiger partial charge in [0.2, 0.25) is 23.6 Å². The number of carbonyl (C=O) groups excluding carboxylic acids is 6. The predicted molar refractivity (Wildman–Crippen MR) is 264 cm³/mol. The summed E-state index contributed by atoms with van der Waals surface area (Å²) in [4.78, 5) is 83.5. The van der Waals surface area contributed by atoms with E-state index in [0.29, 0.717) is 38.6 Å². The smallest absolute Gasteiger partial charge is 0.408 e. The molecule has 0 radical (unpaired) electrons. The Hall–Kier alpha value is -6.18. The number of likely N-dealkylation sites (tertiary alicyclic amines) is 1. The standard InChI is InChI=1S/C54H74N6O8/c1-34(2)31-39(57-53(66)68-54(7,8)9)28-27-38(32-37-19-11-10-12-20-37)51(64)60-30-18-26-46(60)49(62)59-47(35(3)4)50(63)58-45(48(61)56-36(5)6)25-17-29-55-52(65)67-33-44-42-23-15-13-21-40(42)41-22-14-16-24-43(41)44/h10-16,19-24,27-28,34-36,38-39,44-47H,17-18,25-26,29-33H2,1-9H3,(H,55,65)(H,56,61)(H,57,66)(H,58,63)(H,59,62)/b28-27+/t38-,39-,45+,46+,47+/m1/s1. The van der Waals surface area contributed by atoms with E-state index in [2.05, 4.69) is 64.7 Å². The molecule has 1 heterocycles. The molecule has 3 aromatic rings. The molecule has 5 atom stereocenters. The van der Waals surface area contributed by atoms with Crippen LogP contribution in [0, 0.1) is 17.8 Å². The lowest BCUT2D eigenvalue weighted by molar-refractivity contribution is -0.141. The highest BCUT2D eigenvalue weighted by Gasteiger charge is 2.39. The van der Waals surface area contributed by atoms with E-state index in [9.17, 15) is 28.8 Å². The Morgan fingerprint density at radius 1 is 0.750 bits per heavy atom. The molecule has 368 valence electrons. The third kappa shape index (κ3) is 15.4. The Balaban J connectivity index is 1.21. The summed E-state index contributed by atoms with van der Waals surface area (Å²) in [6.45, 7) is 17.5. The van der Waals surface area contributed by atoms with E-state index in [-0.39, 0.29) is 55.2 Å². The average molecular weight is 935 g/mol. The molecule has 0 saturated carbocycles. The topological polar surface area (TPSA) is 184 Å². The van der Waals surface area contributed by atoms with Crippen LogP contribution >= 0.6 is 0 Å². The zero-order valence-corrected chi connectivity index (χ0v) is 41.4. The first-order chi connectivity index (χ1) is 32.3. The highest BCUT2D eigenvalue weighted by Crippen LogP contribution is 2.44. The number of nitrogens with zero attached hydrogens (tertiary/aromatic N) is 1. The second-order valence-electron chi connectivity index (χ2n) is 20.1. The second kappa shape index (κ2) is 24.7. The summed E-state index contributed by atoms with van der Waals surface area (Å²) in [5.74, 6) is -2.46. The van der Waals surface area contributed by atoms with E-state index in [4.69, 9.17) is 9.47 Å². The van der Waals surface area contributed by atoms with Gasteiger partial charge >= 0.3 is 12.2 Å². The van der Waals surface area contributed by atoms with Crippen LogP contribution in [0.25, 0.3) is 11.1 Å². The van der Waals surface area contributed by atoms with Gasteiger partial charge in [-0.2, -0.15) is 0 Å². The van der Waals surface area contributed by atoms with Crippen molar-refractivity contribution >= 4 is 35.8 Å².